The van der Waals surface area contributed by atoms with E-state index in [1.165, 1.54) is 18.0 Å². The van der Waals surface area contributed by atoms with Crippen LogP contribution in [0.4, 0.5) is 11.8 Å². The quantitative estimate of drug-likeness (QED) is 0.259. The third kappa shape index (κ3) is 6.06. The minimum atomic E-state index is -1.04. The van der Waals surface area contributed by atoms with Crippen LogP contribution in [0.15, 0.2) is 46.1 Å². The Morgan fingerprint density at radius 2 is 1.83 bits per heavy atom. The van der Waals surface area contributed by atoms with Crippen molar-refractivity contribution in [3.05, 3.63) is 64.2 Å². The average molecular weight is 562 g/mol. The number of benzene rings is 1. The highest BCUT2D eigenvalue weighted by atomic mass is 16.5. The molecule has 0 unspecified atom stereocenters. The molecule has 3 heterocycles. The molecule has 0 spiro atoms. The predicted molar refractivity (Wildman–Crippen MR) is 155 cm³/mol. The monoisotopic (exact) mass is 561 g/mol. The first kappa shape index (κ1) is 29.2. The second-order valence-electron chi connectivity index (χ2n) is 9.46. The van der Waals surface area contributed by atoms with E-state index in [4.69, 9.17) is 14.2 Å². The SMILES string of the molecule is CCN(CC)c1ncc(-c2c(C)noc2C)c(N[C@@H](Cc2ccc(-c3c(OC)ncn(CC)c3=O)cc2)C(=O)O)n1. The number of nitrogens with one attached hydrogen (secondary N) is 1. The Labute approximate surface area is 238 Å². The van der Waals surface area contributed by atoms with Crippen molar-refractivity contribution in [3.8, 4) is 28.1 Å². The summed E-state index contributed by atoms with van der Waals surface area (Å²) in [5.41, 5.74) is 3.50. The van der Waals surface area contributed by atoms with Crippen LogP contribution in [0.25, 0.3) is 22.3 Å². The summed E-state index contributed by atoms with van der Waals surface area (Å²) in [6.45, 7) is 11.3. The fraction of sp³-hybridized carbons (Fsp3) is 0.379. The van der Waals surface area contributed by atoms with E-state index >= 15 is 0 Å². The van der Waals surface area contributed by atoms with Gasteiger partial charge in [0, 0.05) is 37.8 Å². The number of nitrogens with zero attached hydrogens (tertiary/aromatic N) is 6. The summed E-state index contributed by atoms with van der Waals surface area (Å²) in [6, 6.07) is 6.13. The molecule has 0 fully saturated rings. The molecule has 0 aliphatic heterocycles. The van der Waals surface area contributed by atoms with E-state index in [1.807, 2.05) is 32.6 Å². The molecule has 0 amide bonds. The van der Waals surface area contributed by atoms with Crippen LogP contribution in [0.2, 0.25) is 0 Å². The van der Waals surface area contributed by atoms with Crippen LogP contribution in [0, 0.1) is 13.8 Å². The van der Waals surface area contributed by atoms with Crippen LogP contribution in [-0.4, -0.2) is 62.0 Å². The number of ether oxygens (including phenoxy) is 1. The molecule has 12 nitrogen and oxygen atoms in total. The lowest BCUT2D eigenvalue weighted by atomic mass is 10.0. The van der Waals surface area contributed by atoms with Crippen molar-refractivity contribution >= 4 is 17.7 Å². The summed E-state index contributed by atoms with van der Waals surface area (Å²) in [5, 5.41) is 17.4. The van der Waals surface area contributed by atoms with Crippen LogP contribution >= 0.6 is 0 Å². The third-order valence-corrected chi connectivity index (χ3v) is 6.95. The molecular formula is C29H35N7O5. The zero-order valence-corrected chi connectivity index (χ0v) is 24.1. The minimum absolute atomic E-state index is 0.157. The van der Waals surface area contributed by atoms with E-state index in [0.717, 1.165) is 11.1 Å². The van der Waals surface area contributed by atoms with Gasteiger partial charge in [0.15, 0.2) is 0 Å². The second-order valence-corrected chi connectivity index (χ2v) is 9.46. The Morgan fingerprint density at radius 1 is 1.12 bits per heavy atom. The molecule has 1 aromatic carbocycles. The first-order valence-electron chi connectivity index (χ1n) is 13.5. The molecule has 12 heteroatoms. The van der Waals surface area contributed by atoms with Gasteiger partial charge in [-0.25, -0.2) is 14.8 Å². The normalized spacial score (nSPS) is 11.8. The molecule has 1 atom stereocenters. The molecule has 0 aliphatic rings. The van der Waals surface area contributed by atoms with Crippen molar-refractivity contribution in [2.24, 2.45) is 0 Å². The van der Waals surface area contributed by atoms with Crippen LogP contribution in [0.5, 0.6) is 5.88 Å². The molecular weight excluding hydrogens is 526 g/mol. The molecule has 0 bridgehead atoms. The number of carbonyl (C=O) groups is 1. The fourth-order valence-electron chi connectivity index (χ4n) is 4.70. The van der Waals surface area contributed by atoms with Crippen LogP contribution in [-0.2, 0) is 17.8 Å². The lowest BCUT2D eigenvalue weighted by Gasteiger charge is -2.22. The summed E-state index contributed by atoms with van der Waals surface area (Å²) < 4.78 is 12.2. The van der Waals surface area contributed by atoms with Gasteiger partial charge in [0.1, 0.15) is 29.5 Å². The molecule has 0 saturated carbocycles. The number of carboxylic acids is 1. The Bertz CT molecular complexity index is 1560. The Hall–Kier alpha value is -4.74. The Morgan fingerprint density at radius 3 is 2.39 bits per heavy atom. The summed E-state index contributed by atoms with van der Waals surface area (Å²) >= 11 is 0. The van der Waals surface area contributed by atoms with Gasteiger partial charge in [-0.15, -0.1) is 0 Å². The molecule has 0 saturated heterocycles. The van der Waals surface area contributed by atoms with E-state index < -0.39 is 12.0 Å². The lowest BCUT2D eigenvalue weighted by Crippen LogP contribution is -2.33. The number of carboxylic acid groups (broad SMARTS) is 1. The van der Waals surface area contributed by atoms with Crippen molar-refractivity contribution in [2.75, 3.05) is 30.4 Å². The number of aromatic nitrogens is 5. The largest absolute Gasteiger partial charge is 0.480 e. The second kappa shape index (κ2) is 12.6. The minimum Gasteiger partial charge on any atom is -0.480 e. The predicted octanol–water partition coefficient (Wildman–Crippen LogP) is 3.95. The number of methoxy groups -OCH3 is 1. The molecule has 4 rings (SSSR count). The number of anilines is 2. The Balaban J connectivity index is 1.68. The average Bonchev–Trinajstić information content (AvgIpc) is 3.31. The fourth-order valence-corrected chi connectivity index (χ4v) is 4.70. The third-order valence-electron chi connectivity index (χ3n) is 6.95. The maximum atomic E-state index is 13.0. The van der Waals surface area contributed by atoms with Gasteiger partial charge in [0.2, 0.25) is 11.8 Å². The van der Waals surface area contributed by atoms with Gasteiger partial charge in [0.25, 0.3) is 5.56 Å². The van der Waals surface area contributed by atoms with Gasteiger partial charge in [-0.1, -0.05) is 29.4 Å². The van der Waals surface area contributed by atoms with E-state index in [9.17, 15) is 14.7 Å². The zero-order chi connectivity index (χ0) is 29.7. The highest BCUT2D eigenvalue weighted by Crippen LogP contribution is 2.33. The number of rotatable bonds is 12. The molecule has 41 heavy (non-hydrogen) atoms. The van der Waals surface area contributed by atoms with Crippen molar-refractivity contribution in [3.63, 3.8) is 0 Å². The zero-order valence-electron chi connectivity index (χ0n) is 24.1. The number of aryl methyl sites for hydroxylation is 3. The molecule has 3 aromatic heterocycles. The van der Waals surface area contributed by atoms with Gasteiger partial charge >= 0.3 is 5.97 Å². The summed E-state index contributed by atoms with van der Waals surface area (Å²) in [6.07, 6.45) is 3.29. The number of hydrogen-bond acceptors (Lipinski definition) is 10. The van der Waals surface area contributed by atoms with E-state index in [1.54, 1.807) is 37.4 Å². The maximum absolute atomic E-state index is 13.0. The smallest absolute Gasteiger partial charge is 0.326 e. The number of aliphatic carboxylic acids is 1. The van der Waals surface area contributed by atoms with Crippen LogP contribution in [0.1, 0.15) is 37.8 Å². The van der Waals surface area contributed by atoms with Gasteiger partial charge in [0.05, 0.1) is 18.4 Å². The standard InChI is InChI=1S/C29H35N7O5/c1-7-35(8-2)29-30-15-21(23-17(4)34-41-18(23)5)25(33-29)32-22(28(38)39)14-19-10-12-20(13-11-19)24-26(40-6)31-16-36(9-3)27(24)37/h10-13,15-16,22H,7-9,14H2,1-6H3,(H,38,39)(H,30,32,33)/t22-/m0/s1. The van der Waals surface area contributed by atoms with Gasteiger partial charge < -0.3 is 24.6 Å². The lowest BCUT2D eigenvalue weighted by molar-refractivity contribution is -0.137. The summed E-state index contributed by atoms with van der Waals surface area (Å²) in [7, 11) is 1.47. The number of hydrogen-bond donors (Lipinski definition) is 2. The first-order valence-corrected chi connectivity index (χ1v) is 13.5. The molecule has 0 radical (unpaired) electrons. The van der Waals surface area contributed by atoms with Gasteiger partial charge in [-0.2, -0.15) is 4.98 Å². The van der Waals surface area contributed by atoms with E-state index in [0.29, 0.717) is 59.5 Å². The highest BCUT2D eigenvalue weighted by molar-refractivity contribution is 5.83. The molecule has 0 aliphatic carbocycles. The van der Waals surface area contributed by atoms with E-state index in [-0.39, 0.29) is 17.9 Å². The topological polar surface area (TPSA) is 148 Å². The van der Waals surface area contributed by atoms with Crippen LogP contribution < -0.4 is 20.5 Å². The van der Waals surface area contributed by atoms with Crippen molar-refractivity contribution in [1.29, 1.82) is 0 Å². The summed E-state index contributed by atoms with van der Waals surface area (Å²) in [5.74, 6) is 0.643. The molecule has 4 aromatic rings. The molecule has 216 valence electrons. The Kier molecular flexibility index (Phi) is 9.00. The van der Waals surface area contributed by atoms with Crippen molar-refractivity contribution in [2.45, 2.75) is 53.6 Å². The van der Waals surface area contributed by atoms with Crippen molar-refractivity contribution in [1.82, 2.24) is 24.7 Å². The van der Waals surface area contributed by atoms with Gasteiger partial charge in [-0.3, -0.25) is 9.36 Å². The highest BCUT2D eigenvalue weighted by Gasteiger charge is 2.25. The van der Waals surface area contributed by atoms with E-state index in [2.05, 4.69) is 20.4 Å². The first-order chi connectivity index (χ1) is 19.7. The maximum Gasteiger partial charge on any atom is 0.326 e. The molecule has 2 N–H and O–H groups in total. The van der Waals surface area contributed by atoms with Crippen molar-refractivity contribution < 1.29 is 19.2 Å². The van der Waals surface area contributed by atoms with Crippen LogP contribution in [0.3, 0.4) is 0 Å². The summed E-state index contributed by atoms with van der Waals surface area (Å²) in [4.78, 5) is 40.9. The van der Waals surface area contributed by atoms with Gasteiger partial charge in [-0.05, 0) is 45.7 Å².